The van der Waals surface area contributed by atoms with Crippen molar-refractivity contribution in [1.82, 2.24) is 9.62 Å². The topological polar surface area (TPSA) is 58.6 Å². The summed E-state index contributed by atoms with van der Waals surface area (Å²) in [6, 6.07) is 5.87. The van der Waals surface area contributed by atoms with E-state index in [4.69, 9.17) is 4.74 Å². The lowest BCUT2D eigenvalue weighted by Crippen LogP contribution is -2.32. The lowest BCUT2D eigenvalue weighted by atomic mass is 10.2. The van der Waals surface area contributed by atoms with Crippen LogP contribution in [-0.4, -0.2) is 45.7 Å². The van der Waals surface area contributed by atoms with E-state index in [-0.39, 0.29) is 0 Å². The number of ether oxygens (including phenoxy) is 1. The first kappa shape index (κ1) is 18.4. The molecule has 0 aliphatic heterocycles. The van der Waals surface area contributed by atoms with Gasteiger partial charge in [0.25, 0.3) is 0 Å². The van der Waals surface area contributed by atoms with Gasteiger partial charge in [0.1, 0.15) is 5.75 Å². The Kier molecular flexibility index (Phi) is 7.65. The van der Waals surface area contributed by atoms with Gasteiger partial charge >= 0.3 is 0 Å². The van der Waals surface area contributed by atoms with Crippen LogP contribution in [0.15, 0.2) is 22.7 Å². The third kappa shape index (κ3) is 6.34. The molecule has 1 aromatic rings. The van der Waals surface area contributed by atoms with Gasteiger partial charge in [0.2, 0.25) is 10.0 Å². The monoisotopic (exact) mass is 378 g/mol. The molecule has 0 aliphatic rings. The number of nitrogens with zero attached hydrogens (tertiary/aromatic N) is 1. The van der Waals surface area contributed by atoms with Crippen LogP contribution in [-0.2, 0) is 16.6 Å². The maximum atomic E-state index is 11.5. The predicted octanol–water partition coefficient (Wildman–Crippen LogP) is 2.22. The van der Waals surface area contributed by atoms with Crippen molar-refractivity contribution in [2.75, 3.05) is 33.0 Å². The Morgan fingerprint density at radius 2 is 2.10 bits per heavy atom. The summed E-state index contributed by atoms with van der Waals surface area (Å²) in [5.41, 5.74) is 1.07. The number of nitrogens with one attached hydrogen (secondary N) is 1. The van der Waals surface area contributed by atoms with Crippen LogP contribution in [0.4, 0.5) is 0 Å². The second kappa shape index (κ2) is 8.73. The molecule has 7 heteroatoms. The molecular formula is C14H23BrN2O3S. The zero-order valence-corrected chi connectivity index (χ0v) is 15.1. The van der Waals surface area contributed by atoms with E-state index in [2.05, 4.69) is 21.2 Å². The molecule has 0 saturated heterocycles. The smallest absolute Gasteiger partial charge is 0.211 e. The molecule has 120 valence electrons. The zero-order chi connectivity index (χ0) is 15.9. The molecule has 5 nitrogen and oxygen atoms in total. The molecule has 0 bridgehead atoms. The van der Waals surface area contributed by atoms with Crippen LogP contribution in [0.1, 0.15) is 18.9 Å². The largest absolute Gasteiger partial charge is 0.496 e. The zero-order valence-electron chi connectivity index (χ0n) is 12.7. The number of sulfonamides is 1. The average molecular weight is 379 g/mol. The maximum absolute atomic E-state index is 11.5. The van der Waals surface area contributed by atoms with Crippen molar-refractivity contribution in [3.8, 4) is 5.75 Å². The standard InChI is InChI=1S/C14H23BrN2O3S/c1-4-17(21(3,18)19)9-5-8-16-11-12-10-13(15)6-7-14(12)20-2/h6-7,10,16H,4-5,8-9,11H2,1-3H3. The molecule has 0 amide bonds. The van der Waals surface area contributed by atoms with E-state index in [9.17, 15) is 8.42 Å². The molecule has 0 atom stereocenters. The predicted molar refractivity (Wildman–Crippen MR) is 89.1 cm³/mol. The van der Waals surface area contributed by atoms with Crippen molar-refractivity contribution >= 4 is 26.0 Å². The fraction of sp³-hybridized carbons (Fsp3) is 0.571. The number of rotatable bonds is 9. The van der Waals surface area contributed by atoms with Crippen LogP contribution in [0.3, 0.4) is 0 Å². The van der Waals surface area contributed by atoms with E-state index in [1.165, 1.54) is 10.6 Å². The number of methoxy groups -OCH3 is 1. The van der Waals surface area contributed by atoms with Crippen molar-refractivity contribution in [3.05, 3.63) is 28.2 Å². The van der Waals surface area contributed by atoms with Crippen molar-refractivity contribution in [1.29, 1.82) is 0 Å². The summed E-state index contributed by atoms with van der Waals surface area (Å²) in [7, 11) is -1.44. The fourth-order valence-electron chi connectivity index (χ4n) is 2.05. The van der Waals surface area contributed by atoms with Gasteiger partial charge in [-0.05, 0) is 31.2 Å². The number of hydrogen-bond acceptors (Lipinski definition) is 4. The Balaban J connectivity index is 2.40. The van der Waals surface area contributed by atoms with Gasteiger partial charge in [0.05, 0.1) is 13.4 Å². The highest BCUT2D eigenvalue weighted by Crippen LogP contribution is 2.22. The van der Waals surface area contributed by atoms with Crippen LogP contribution in [0.5, 0.6) is 5.75 Å². The van der Waals surface area contributed by atoms with Crippen LogP contribution >= 0.6 is 15.9 Å². The van der Waals surface area contributed by atoms with E-state index < -0.39 is 10.0 Å². The highest BCUT2D eigenvalue weighted by molar-refractivity contribution is 9.10. The Labute approximate surface area is 135 Å². The van der Waals surface area contributed by atoms with Crippen LogP contribution < -0.4 is 10.1 Å². The molecule has 1 aromatic carbocycles. The molecule has 21 heavy (non-hydrogen) atoms. The van der Waals surface area contributed by atoms with Gasteiger partial charge in [0.15, 0.2) is 0 Å². The third-order valence-electron chi connectivity index (χ3n) is 3.14. The molecule has 1 rings (SSSR count). The Morgan fingerprint density at radius 1 is 1.38 bits per heavy atom. The molecule has 0 fully saturated rings. The summed E-state index contributed by atoms with van der Waals surface area (Å²) in [5.74, 6) is 0.844. The number of halogens is 1. The minimum atomic E-state index is -3.09. The van der Waals surface area contributed by atoms with E-state index in [0.717, 1.165) is 28.8 Å². The number of hydrogen-bond donors (Lipinski definition) is 1. The molecule has 1 N–H and O–H groups in total. The second-order valence-electron chi connectivity index (χ2n) is 4.74. The SMILES string of the molecule is CCN(CCCNCc1cc(Br)ccc1OC)S(C)(=O)=O. The van der Waals surface area contributed by atoms with Gasteiger partial charge in [-0.15, -0.1) is 0 Å². The normalized spacial score (nSPS) is 11.9. The lowest BCUT2D eigenvalue weighted by Gasteiger charge is -2.17. The maximum Gasteiger partial charge on any atom is 0.211 e. The van der Waals surface area contributed by atoms with Gasteiger partial charge < -0.3 is 10.1 Å². The molecular weight excluding hydrogens is 356 g/mol. The summed E-state index contributed by atoms with van der Waals surface area (Å²) >= 11 is 3.44. The molecule has 0 aliphatic carbocycles. The number of benzene rings is 1. The van der Waals surface area contributed by atoms with Crippen molar-refractivity contribution < 1.29 is 13.2 Å². The average Bonchev–Trinajstić information content (AvgIpc) is 2.41. The van der Waals surface area contributed by atoms with E-state index in [1.807, 2.05) is 25.1 Å². The van der Waals surface area contributed by atoms with Gasteiger partial charge in [-0.25, -0.2) is 12.7 Å². The minimum Gasteiger partial charge on any atom is -0.496 e. The first-order chi connectivity index (χ1) is 9.88. The summed E-state index contributed by atoms with van der Waals surface area (Å²) in [4.78, 5) is 0. The molecule has 0 spiro atoms. The first-order valence-corrected chi connectivity index (χ1v) is 9.51. The highest BCUT2D eigenvalue weighted by atomic mass is 79.9. The van der Waals surface area contributed by atoms with Crippen LogP contribution in [0.25, 0.3) is 0 Å². The molecule has 0 radical (unpaired) electrons. The first-order valence-electron chi connectivity index (χ1n) is 6.86. The van der Waals surface area contributed by atoms with Gasteiger partial charge in [-0.1, -0.05) is 22.9 Å². The summed E-state index contributed by atoms with van der Waals surface area (Å²) in [6.45, 7) is 4.34. The fourth-order valence-corrected chi connectivity index (χ4v) is 3.39. The highest BCUT2D eigenvalue weighted by Gasteiger charge is 2.13. The lowest BCUT2D eigenvalue weighted by molar-refractivity contribution is 0.404. The van der Waals surface area contributed by atoms with E-state index >= 15 is 0 Å². The van der Waals surface area contributed by atoms with Crippen molar-refractivity contribution in [2.45, 2.75) is 19.9 Å². The Morgan fingerprint density at radius 3 is 2.67 bits per heavy atom. The summed E-state index contributed by atoms with van der Waals surface area (Å²) in [5, 5.41) is 3.31. The van der Waals surface area contributed by atoms with Gasteiger partial charge in [0, 0.05) is 29.7 Å². The van der Waals surface area contributed by atoms with E-state index in [0.29, 0.717) is 19.6 Å². The molecule has 0 heterocycles. The minimum absolute atomic E-state index is 0.512. The van der Waals surface area contributed by atoms with Crippen LogP contribution in [0.2, 0.25) is 0 Å². The van der Waals surface area contributed by atoms with Gasteiger partial charge in [-0.2, -0.15) is 0 Å². The van der Waals surface area contributed by atoms with Crippen molar-refractivity contribution in [2.24, 2.45) is 0 Å². The Bertz CT molecular complexity index is 549. The quantitative estimate of drug-likeness (QED) is 0.669. The van der Waals surface area contributed by atoms with Gasteiger partial charge in [-0.3, -0.25) is 0 Å². The molecule has 0 aromatic heterocycles. The van der Waals surface area contributed by atoms with Crippen molar-refractivity contribution in [3.63, 3.8) is 0 Å². The van der Waals surface area contributed by atoms with E-state index in [1.54, 1.807) is 7.11 Å². The summed E-state index contributed by atoms with van der Waals surface area (Å²) < 4.78 is 30.7. The Hall–Kier alpha value is -0.630. The molecule has 0 saturated carbocycles. The summed E-state index contributed by atoms with van der Waals surface area (Å²) in [6.07, 6.45) is 2.02. The van der Waals surface area contributed by atoms with Crippen LogP contribution in [0, 0.1) is 0 Å². The molecule has 0 unspecified atom stereocenters. The second-order valence-corrected chi connectivity index (χ2v) is 7.64. The third-order valence-corrected chi connectivity index (χ3v) is 5.01.